The molecule has 2 unspecified atom stereocenters. The molecule has 1 N–H and O–H groups in total. The third-order valence-corrected chi connectivity index (χ3v) is 7.27. The van der Waals surface area contributed by atoms with Gasteiger partial charge in [-0.3, -0.25) is 14.5 Å². The minimum absolute atomic E-state index is 0.117. The van der Waals surface area contributed by atoms with Crippen LogP contribution in [0, 0.1) is 5.82 Å². The lowest BCUT2D eigenvalue weighted by Gasteiger charge is -2.37. The number of hydrogen-bond donors (Lipinski definition) is 1. The van der Waals surface area contributed by atoms with Crippen LogP contribution in [-0.2, 0) is 16.1 Å². The maximum Gasteiger partial charge on any atom is 0.411 e. The molecule has 2 aliphatic rings. The molecule has 2 saturated heterocycles. The van der Waals surface area contributed by atoms with Crippen molar-refractivity contribution < 1.29 is 23.5 Å². The number of anilines is 1. The maximum atomic E-state index is 13.9. The summed E-state index contributed by atoms with van der Waals surface area (Å²) in [4.78, 5) is 45.0. The number of nitrogens with zero attached hydrogens (tertiary/aromatic N) is 3. The summed E-state index contributed by atoms with van der Waals surface area (Å²) in [7, 11) is 0. The standard InChI is InChI=1S/C30H31FN4O4/c1-2-33-16-18-34(19-17-33)29(37)26-27(39-30(38)35(26)20-21-8-12-24(31)13-9-21)22-10-14-25(15-11-22)32-28(36)23-6-4-3-5-7-23/h3-15,26-27H,2,16-20H2,1H3,(H,32,36). The summed E-state index contributed by atoms with van der Waals surface area (Å²) in [6, 6.07) is 20.9. The van der Waals surface area contributed by atoms with Crippen LogP contribution < -0.4 is 5.32 Å². The number of carbonyl (C=O) groups is 3. The van der Waals surface area contributed by atoms with Gasteiger partial charge in [-0.25, -0.2) is 9.18 Å². The van der Waals surface area contributed by atoms with E-state index in [1.165, 1.54) is 17.0 Å². The SMILES string of the molecule is CCN1CCN(C(=O)C2C(c3ccc(NC(=O)c4ccccc4)cc3)OC(=O)N2Cc2ccc(F)cc2)CC1. The lowest BCUT2D eigenvalue weighted by Crippen LogP contribution is -2.54. The van der Waals surface area contributed by atoms with Gasteiger partial charge in [0.15, 0.2) is 12.1 Å². The monoisotopic (exact) mass is 530 g/mol. The van der Waals surface area contributed by atoms with Crippen molar-refractivity contribution >= 4 is 23.6 Å². The van der Waals surface area contributed by atoms with Crippen LogP contribution in [0.15, 0.2) is 78.9 Å². The Bertz CT molecular complexity index is 1310. The summed E-state index contributed by atoms with van der Waals surface area (Å²) in [6.45, 7) is 5.79. The fraction of sp³-hybridized carbons (Fsp3) is 0.300. The molecule has 9 heteroatoms. The summed E-state index contributed by atoms with van der Waals surface area (Å²) in [6.07, 6.45) is -1.43. The first-order valence-electron chi connectivity index (χ1n) is 13.1. The van der Waals surface area contributed by atoms with E-state index in [9.17, 15) is 18.8 Å². The summed E-state index contributed by atoms with van der Waals surface area (Å²) < 4.78 is 19.3. The van der Waals surface area contributed by atoms with E-state index in [1.807, 2.05) is 6.07 Å². The van der Waals surface area contributed by atoms with Crippen LogP contribution in [0.4, 0.5) is 14.9 Å². The Hall–Kier alpha value is -4.24. The second-order valence-corrected chi connectivity index (χ2v) is 9.71. The number of cyclic esters (lactones) is 1. The molecule has 0 bridgehead atoms. The molecule has 3 aromatic rings. The lowest BCUT2D eigenvalue weighted by molar-refractivity contribution is -0.138. The number of halogens is 1. The molecule has 0 aromatic heterocycles. The Morgan fingerprint density at radius 1 is 0.923 bits per heavy atom. The summed E-state index contributed by atoms with van der Waals surface area (Å²) in [5.41, 5.74) is 2.46. The molecule has 2 heterocycles. The number of amides is 3. The van der Waals surface area contributed by atoms with Crippen molar-refractivity contribution in [3.8, 4) is 0 Å². The van der Waals surface area contributed by atoms with Gasteiger partial charge < -0.3 is 19.9 Å². The van der Waals surface area contributed by atoms with Crippen LogP contribution in [0.25, 0.3) is 0 Å². The zero-order chi connectivity index (χ0) is 27.4. The molecule has 39 heavy (non-hydrogen) atoms. The molecule has 202 valence electrons. The van der Waals surface area contributed by atoms with Gasteiger partial charge in [-0.1, -0.05) is 49.4 Å². The number of carbonyl (C=O) groups excluding carboxylic acids is 3. The number of benzene rings is 3. The van der Waals surface area contributed by atoms with Crippen LogP contribution in [-0.4, -0.2) is 71.4 Å². The summed E-state index contributed by atoms with van der Waals surface area (Å²) >= 11 is 0. The van der Waals surface area contributed by atoms with Crippen molar-refractivity contribution in [2.45, 2.75) is 25.6 Å². The Balaban J connectivity index is 1.38. The Morgan fingerprint density at radius 2 is 1.59 bits per heavy atom. The minimum Gasteiger partial charge on any atom is -0.438 e. The van der Waals surface area contributed by atoms with Crippen LogP contribution in [0.1, 0.15) is 34.5 Å². The predicted molar refractivity (Wildman–Crippen MR) is 144 cm³/mol. The van der Waals surface area contributed by atoms with Gasteiger partial charge in [0.1, 0.15) is 5.82 Å². The van der Waals surface area contributed by atoms with E-state index in [4.69, 9.17) is 4.74 Å². The van der Waals surface area contributed by atoms with E-state index < -0.39 is 18.2 Å². The molecule has 3 aromatic carbocycles. The van der Waals surface area contributed by atoms with Gasteiger partial charge in [0.25, 0.3) is 5.91 Å². The van der Waals surface area contributed by atoms with E-state index in [1.54, 1.807) is 65.6 Å². The number of ether oxygens (including phenoxy) is 1. The second-order valence-electron chi connectivity index (χ2n) is 9.71. The predicted octanol–water partition coefficient (Wildman–Crippen LogP) is 4.30. The van der Waals surface area contributed by atoms with E-state index in [0.717, 1.165) is 19.6 Å². The number of likely N-dealkylation sites (N-methyl/N-ethyl adjacent to an activating group) is 1. The molecular weight excluding hydrogens is 499 g/mol. The van der Waals surface area contributed by atoms with Gasteiger partial charge in [0.05, 0.1) is 6.54 Å². The average molecular weight is 531 g/mol. The van der Waals surface area contributed by atoms with Crippen LogP contribution in [0.2, 0.25) is 0 Å². The highest BCUT2D eigenvalue weighted by Crippen LogP contribution is 2.35. The number of rotatable bonds is 7. The topological polar surface area (TPSA) is 82.2 Å². The maximum absolute atomic E-state index is 13.9. The van der Waals surface area contributed by atoms with Crippen molar-refractivity contribution in [1.82, 2.24) is 14.7 Å². The molecule has 0 radical (unpaired) electrons. The van der Waals surface area contributed by atoms with Crippen molar-refractivity contribution in [3.63, 3.8) is 0 Å². The van der Waals surface area contributed by atoms with Crippen LogP contribution in [0.5, 0.6) is 0 Å². The average Bonchev–Trinajstić information content (AvgIpc) is 3.30. The third-order valence-electron chi connectivity index (χ3n) is 7.27. The first kappa shape index (κ1) is 26.4. The quantitative estimate of drug-likeness (QED) is 0.493. The van der Waals surface area contributed by atoms with Gasteiger partial charge in [-0.15, -0.1) is 0 Å². The minimum atomic E-state index is -0.875. The van der Waals surface area contributed by atoms with Crippen molar-refractivity contribution in [1.29, 1.82) is 0 Å². The summed E-state index contributed by atoms with van der Waals surface area (Å²) in [5, 5.41) is 2.86. The largest absolute Gasteiger partial charge is 0.438 e. The number of hydrogen-bond acceptors (Lipinski definition) is 5. The van der Waals surface area contributed by atoms with Crippen molar-refractivity contribution in [3.05, 3.63) is 101 Å². The molecule has 8 nitrogen and oxygen atoms in total. The fourth-order valence-electron chi connectivity index (χ4n) is 5.00. The molecule has 0 saturated carbocycles. The van der Waals surface area contributed by atoms with Gasteiger partial charge in [0.2, 0.25) is 5.91 Å². The second kappa shape index (κ2) is 11.7. The van der Waals surface area contributed by atoms with E-state index in [2.05, 4.69) is 17.1 Å². The van der Waals surface area contributed by atoms with Crippen molar-refractivity contribution in [2.75, 3.05) is 38.0 Å². The van der Waals surface area contributed by atoms with E-state index >= 15 is 0 Å². The fourth-order valence-corrected chi connectivity index (χ4v) is 5.00. The Morgan fingerprint density at radius 3 is 2.23 bits per heavy atom. The smallest absolute Gasteiger partial charge is 0.411 e. The normalized spacial score (nSPS) is 19.6. The third kappa shape index (κ3) is 5.93. The number of nitrogens with one attached hydrogen (secondary N) is 1. The first-order valence-corrected chi connectivity index (χ1v) is 13.1. The zero-order valence-electron chi connectivity index (χ0n) is 21.8. The summed E-state index contributed by atoms with van der Waals surface area (Å²) in [5.74, 6) is -0.785. The molecule has 3 amide bonds. The molecular formula is C30H31FN4O4. The highest BCUT2D eigenvalue weighted by Gasteiger charge is 2.48. The molecule has 2 fully saturated rings. The molecule has 0 aliphatic carbocycles. The Labute approximate surface area is 227 Å². The Kier molecular flexibility index (Phi) is 7.88. The van der Waals surface area contributed by atoms with Gasteiger partial charge in [-0.2, -0.15) is 0 Å². The van der Waals surface area contributed by atoms with Crippen LogP contribution in [0.3, 0.4) is 0 Å². The molecule has 5 rings (SSSR count). The lowest BCUT2D eigenvalue weighted by atomic mass is 9.99. The van der Waals surface area contributed by atoms with Gasteiger partial charge in [-0.05, 0) is 54.1 Å². The van der Waals surface area contributed by atoms with E-state index in [-0.39, 0.29) is 24.2 Å². The van der Waals surface area contributed by atoms with E-state index in [0.29, 0.717) is 35.5 Å². The molecule has 2 aliphatic heterocycles. The highest BCUT2D eigenvalue weighted by molar-refractivity contribution is 6.04. The van der Waals surface area contributed by atoms with Crippen LogP contribution >= 0.6 is 0 Å². The van der Waals surface area contributed by atoms with Crippen molar-refractivity contribution in [2.24, 2.45) is 0 Å². The molecule has 0 spiro atoms. The van der Waals surface area contributed by atoms with Gasteiger partial charge >= 0.3 is 6.09 Å². The first-order chi connectivity index (χ1) is 18.9. The zero-order valence-corrected chi connectivity index (χ0v) is 21.8. The highest BCUT2D eigenvalue weighted by atomic mass is 19.1. The molecule has 2 atom stereocenters. The van der Waals surface area contributed by atoms with Gasteiger partial charge in [0, 0.05) is 37.4 Å². The number of piperazine rings is 1.